The number of fused-ring (bicyclic) bond motifs is 1. The number of thioether (sulfide) groups is 1. The van der Waals surface area contributed by atoms with E-state index in [2.05, 4.69) is 4.90 Å². The number of hydrogen-bond acceptors (Lipinski definition) is 7. The van der Waals surface area contributed by atoms with Gasteiger partial charge < -0.3 is 9.64 Å². The lowest BCUT2D eigenvalue weighted by atomic mass is 10.1. The SMILES string of the molecule is COCCN1C(=O)C(=Cc2c(N3CCCCC3)nc3ccccn3c2=O)SC1=S. The Hall–Kier alpha value is -2.23. The third kappa shape index (κ3) is 3.94. The maximum absolute atomic E-state index is 13.3. The molecule has 7 nitrogen and oxygen atoms in total. The number of rotatable bonds is 5. The number of thiocarbonyl (C=S) groups is 1. The number of anilines is 1. The number of nitrogens with zero attached hydrogens (tertiary/aromatic N) is 4. The van der Waals surface area contributed by atoms with Crippen LogP contribution in [0.5, 0.6) is 0 Å². The minimum atomic E-state index is -0.195. The molecule has 152 valence electrons. The first kappa shape index (κ1) is 20.1. The minimum Gasteiger partial charge on any atom is -0.383 e. The molecule has 0 aromatic carbocycles. The molecule has 9 heteroatoms. The molecule has 2 fully saturated rings. The molecular formula is C20H22N4O3S2. The zero-order chi connectivity index (χ0) is 20.4. The first-order valence-electron chi connectivity index (χ1n) is 9.61. The van der Waals surface area contributed by atoms with Gasteiger partial charge >= 0.3 is 0 Å². The van der Waals surface area contributed by atoms with E-state index < -0.39 is 0 Å². The van der Waals surface area contributed by atoms with E-state index in [0.29, 0.717) is 39.4 Å². The summed E-state index contributed by atoms with van der Waals surface area (Å²) in [6, 6.07) is 5.48. The summed E-state index contributed by atoms with van der Waals surface area (Å²) in [5.74, 6) is 0.447. The van der Waals surface area contributed by atoms with Gasteiger partial charge in [0.05, 0.1) is 23.6 Å². The zero-order valence-electron chi connectivity index (χ0n) is 16.2. The van der Waals surface area contributed by atoms with Gasteiger partial charge in [0.25, 0.3) is 11.5 Å². The van der Waals surface area contributed by atoms with Gasteiger partial charge in [-0.25, -0.2) is 4.98 Å². The van der Waals surface area contributed by atoms with Crippen molar-refractivity contribution in [3.63, 3.8) is 0 Å². The monoisotopic (exact) mass is 430 g/mol. The maximum Gasteiger partial charge on any atom is 0.267 e. The molecule has 0 N–H and O–H groups in total. The first-order valence-corrected chi connectivity index (χ1v) is 10.8. The number of hydrogen-bond donors (Lipinski definition) is 0. The molecule has 2 aromatic rings. The van der Waals surface area contributed by atoms with Crippen LogP contribution in [0.15, 0.2) is 34.1 Å². The van der Waals surface area contributed by atoms with Crippen molar-refractivity contribution in [2.75, 3.05) is 38.3 Å². The predicted molar refractivity (Wildman–Crippen MR) is 119 cm³/mol. The highest BCUT2D eigenvalue weighted by atomic mass is 32.2. The maximum atomic E-state index is 13.3. The average molecular weight is 431 g/mol. The van der Waals surface area contributed by atoms with Gasteiger partial charge in [0, 0.05) is 26.4 Å². The second kappa shape index (κ2) is 8.64. The first-order chi connectivity index (χ1) is 14.1. The van der Waals surface area contributed by atoms with E-state index in [4.69, 9.17) is 21.9 Å². The van der Waals surface area contributed by atoms with Crippen molar-refractivity contribution in [2.24, 2.45) is 0 Å². The molecular weight excluding hydrogens is 408 g/mol. The normalized spacial score (nSPS) is 19.0. The van der Waals surface area contributed by atoms with Crippen LogP contribution in [0.1, 0.15) is 24.8 Å². The van der Waals surface area contributed by atoms with Crippen molar-refractivity contribution >= 4 is 51.7 Å². The number of pyridine rings is 1. The molecule has 2 aromatic heterocycles. The molecule has 0 unspecified atom stereocenters. The Labute approximate surface area is 178 Å². The Bertz CT molecular complexity index is 1040. The number of aromatic nitrogens is 2. The quantitative estimate of drug-likeness (QED) is 0.533. The smallest absolute Gasteiger partial charge is 0.267 e. The number of piperidine rings is 1. The molecule has 29 heavy (non-hydrogen) atoms. The van der Waals surface area contributed by atoms with Crippen LogP contribution in [0.2, 0.25) is 0 Å². The fourth-order valence-electron chi connectivity index (χ4n) is 3.57. The van der Waals surface area contributed by atoms with Crippen LogP contribution in [-0.4, -0.2) is 57.9 Å². The Kier molecular flexibility index (Phi) is 5.98. The van der Waals surface area contributed by atoms with Crippen LogP contribution >= 0.6 is 24.0 Å². The fourth-order valence-corrected chi connectivity index (χ4v) is 4.86. The largest absolute Gasteiger partial charge is 0.383 e. The number of methoxy groups -OCH3 is 1. The predicted octanol–water partition coefficient (Wildman–Crippen LogP) is 2.53. The third-order valence-corrected chi connectivity index (χ3v) is 6.45. The Morgan fingerprint density at radius 3 is 2.79 bits per heavy atom. The van der Waals surface area contributed by atoms with E-state index >= 15 is 0 Å². The molecule has 0 aliphatic carbocycles. The number of ether oxygens (including phenoxy) is 1. The van der Waals surface area contributed by atoms with Crippen molar-refractivity contribution < 1.29 is 9.53 Å². The third-order valence-electron chi connectivity index (χ3n) is 5.07. The van der Waals surface area contributed by atoms with Crippen molar-refractivity contribution in [3.05, 3.63) is 45.2 Å². The van der Waals surface area contributed by atoms with Crippen LogP contribution in [-0.2, 0) is 9.53 Å². The van der Waals surface area contributed by atoms with Crippen molar-refractivity contribution in [1.82, 2.24) is 14.3 Å². The van der Waals surface area contributed by atoms with Gasteiger partial charge in [0.15, 0.2) is 0 Å². The van der Waals surface area contributed by atoms with Crippen LogP contribution < -0.4 is 10.5 Å². The minimum absolute atomic E-state index is 0.182. The topological polar surface area (TPSA) is 67.2 Å². The van der Waals surface area contributed by atoms with Crippen LogP contribution in [0, 0.1) is 0 Å². The van der Waals surface area contributed by atoms with E-state index in [-0.39, 0.29) is 11.5 Å². The average Bonchev–Trinajstić information content (AvgIpc) is 3.01. The van der Waals surface area contributed by atoms with E-state index in [9.17, 15) is 9.59 Å². The van der Waals surface area contributed by atoms with Crippen LogP contribution in [0.3, 0.4) is 0 Å². The van der Waals surface area contributed by atoms with Gasteiger partial charge in [-0.3, -0.25) is 18.9 Å². The number of carbonyl (C=O) groups is 1. The fraction of sp³-hybridized carbons (Fsp3) is 0.400. The molecule has 1 amide bonds. The number of carbonyl (C=O) groups excluding carboxylic acids is 1. The summed E-state index contributed by atoms with van der Waals surface area (Å²) in [7, 11) is 1.58. The molecule has 2 saturated heterocycles. The van der Waals surface area contributed by atoms with Gasteiger partial charge in [0.1, 0.15) is 15.8 Å². The van der Waals surface area contributed by atoms with Gasteiger partial charge in [-0.2, -0.15) is 0 Å². The Morgan fingerprint density at radius 1 is 1.24 bits per heavy atom. The molecule has 0 bridgehead atoms. The highest BCUT2D eigenvalue weighted by molar-refractivity contribution is 8.26. The van der Waals surface area contributed by atoms with Gasteiger partial charge in [0.2, 0.25) is 0 Å². The molecule has 4 rings (SSSR count). The van der Waals surface area contributed by atoms with E-state index in [0.717, 1.165) is 25.9 Å². The molecule has 4 heterocycles. The lowest BCUT2D eigenvalue weighted by molar-refractivity contribution is -0.122. The summed E-state index contributed by atoms with van der Waals surface area (Å²) in [5, 5.41) is 0. The molecule has 2 aliphatic rings. The van der Waals surface area contributed by atoms with Gasteiger partial charge in [-0.15, -0.1) is 0 Å². The summed E-state index contributed by atoms with van der Waals surface area (Å²) in [6.07, 6.45) is 6.66. The van der Waals surface area contributed by atoms with Crippen molar-refractivity contribution in [2.45, 2.75) is 19.3 Å². The van der Waals surface area contributed by atoms with Gasteiger partial charge in [-0.05, 0) is 37.5 Å². The van der Waals surface area contributed by atoms with E-state index in [1.54, 1.807) is 25.4 Å². The van der Waals surface area contributed by atoms with Crippen LogP contribution in [0.25, 0.3) is 11.7 Å². The highest BCUT2D eigenvalue weighted by Gasteiger charge is 2.32. The second-order valence-electron chi connectivity index (χ2n) is 6.96. The highest BCUT2D eigenvalue weighted by Crippen LogP contribution is 2.33. The van der Waals surface area contributed by atoms with Crippen molar-refractivity contribution in [3.8, 4) is 0 Å². The lowest BCUT2D eigenvalue weighted by Gasteiger charge is -2.29. The molecule has 2 aliphatic heterocycles. The second-order valence-corrected chi connectivity index (χ2v) is 8.63. The summed E-state index contributed by atoms with van der Waals surface area (Å²) in [5.41, 5.74) is 0.851. The molecule has 0 saturated carbocycles. The Balaban J connectivity index is 1.81. The zero-order valence-corrected chi connectivity index (χ0v) is 17.8. The lowest BCUT2D eigenvalue weighted by Crippen LogP contribution is -2.33. The number of amides is 1. The summed E-state index contributed by atoms with van der Waals surface area (Å²) in [6.45, 7) is 2.50. The summed E-state index contributed by atoms with van der Waals surface area (Å²) in [4.78, 5) is 35.0. The van der Waals surface area contributed by atoms with E-state index in [1.165, 1.54) is 27.5 Å². The summed E-state index contributed by atoms with van der Waals surface area (Å²) >= 11 is 6.57. The van der Waals surface area contributed by atoms with Crippen LogP contribution in [0.4, 0.5) is 5.82 Å². The summed E-state index contributed by atoms with van der Waals surface area (Å²) < 4.78 is 7.06. The molecule has 0 radical (unpaired) electrons. The standard InChI is InChI=1S/C20H22N4O3S2/c1-27-12-11-24-19(26)15(29-20(24)28)13-14-17(22-8-4-2-5-9-22)21-16-7-3-6-10-23(16)18(14)25/h3,6-7,10,13H,2,4-5,8-9,11-12H2,1H3. The van der Waals surface area contributed by atoms with E-state index in [1.807, 2.05) is 12.1 Å². The molecule has 0 spiro atoms. The van der Waals surface area contributed by atoms with Gasteiger partial charge in [-0.1, -0.05) is 30.0 Å². The Morgan fingerprint density at radius 2 is 2.03 bits per heavy atom. The molecule has 0 atom stereocenters. The van der Waals surface area contributed by atoms with Crippen molar-refractivity contribution in [1.29, 1.82) is 0 Å².